The summed E-state index contributed by atoms with van der Waals surface area (Å²) in [6.45, 7) is 1.18. The average molecular weight is 441 g/mol. The Balaban J connectivity index is 0.00000208. The lowest BCUT2D eigenvalue weighted by molar-refractivity contribution is 0.262. The molecule has 0 bridgehead atoms. The van der Waals surface area contributed by atoms with Crippen LogP contribution in [0.3, 0.4) is 0 Å². The first-order chi connectivity index (χ1) is 11.2. The van der Waals surface area contributed by atoms with Crippen LogP contribution in [0.4, 0.5) is 4.39 Å². The maximum atomic E-state index is 13.1. The predicted molar refractivity (Wildman–Crippen MR) is 104 cm³/mol. The third-order valence-corrected chi connectivity index (χ3v) is 3.85. The molecular weight excluding hydrogens is 420 g/mol. The van der Waals surface area contributed by atoms with Gasteiger partial charge in [-0.15, -0.1) is 24.0 Å². The number of hydrogen-bond acceptors (Lipinski definition) is 2. The van der Waals surface area contributed by atoms with Gasteiger partial charge in [-0.25, -0.2) is 4.39 Å². The molecule has 0 fully saturated rings. The molecule has 0 saturated carbocycles. The normalized spacial score (nSPS) is 16.5. The Morgan fingerprint density at radius 3 is 2.92 bits per heavy atom. The second-order valence-electron chi connectivity index (χ2n) is 5.52. The molecule has 1 atom stereocenters. The van der Waals surface area contributed by atoms with Gasteiger partial charge >= 0.3 is 0 Å². The van der Waals surface area contributed by atoms with Crippen molar-refractivity contribution in [2.45, 2.75) is 18.9 Å². The van der Waals surface area contributed by atoms with Crippen LogP contribution in [-0.4, -0.2) is 19.1 Å². The second-order valence-corrected chi connectivity index (χ2v) is 5.52. The minimum Gasteiger partial charge on any atom is -0.493 e. The lowest BCUT2D eigenvalue weighted by Crippen LogP contribution is -2.37. The summed E-state index contributed by atoms with van der Waals surface area (Å²) in [5.74, 6) is 1.07. The predicted octanol–water partition coefficient (Wildman–Crippen LogP) is 3.41. The number of guanidine groups is 1. The molecule has 1 aliphatic heterocycles. The fourth-order valence-electron chi connectivity index (χ4n) is 2.71. The van der Waals surface area contributed by atoms with E-state index in [0.29, 0.717) is 25.5 Å². The molecule has 2 aromatic rings. The molecule has 4 nitrogen and oxygen atoms in total. The molecule has 1 heterocycles. The molecule has 1 aliphatic rings. The van der Waals surface area contributed by atoms with Crippen LogP contribution in [0, 0.1) is 5.82 Å². The Kier molecular flexibility index (Phi) is 6.84. The fourth-order valence-corrected chi connectivity index (χ4v) is 2.71. The number of benzene rings is 2. The van der Waals surface area contributed by atoms with Gasteiger partial charge in [-0.3, -0.25) is 4.99 Å². The fraction of sp³-hybridized carbons (Fsp3) is 0.278. The van der Waals surface area contributed by atoms with Crippen molar-refractivity contribution in [3.63, 3.8) is 0 Å². The van der Waals surface area contributed by atoms with E-state index in [-0.39, 0.29) is 35.8 Å². The maximum absolute atomic E-state index is 13.1. The van der Waals surface area contributed by atoms with Crippen LogP contribution in [0.1, 0.15) is 23.6 Å². The number of nitrogens with zero attached hydrogens (tertiary/aromatic N) is 1. The zero-order chi connectivity index (χ0) is 16.1. The minimum atomic E-state index is -0.226. The Morgan fingerprint density at radius 2 is 2.08 bits per heavy atom. The Bertz CT molecular complexity index is 708. The Morgan fingerprint density at radius 1 is 1.25 bits per heavy atom. The van der Waals surface area contributed by atoms with Gasteiger partial charge in [0.05, 0.1) is 12.6 Å². The molecule has 128 valence electrons. The van der Waals surface area contributed by atoms with Crippen molar-refractivity contribution in [3.05, 3.63) is 65.5 Å². The van der Waals surface area contributed by atoms with Crippen LogP contribution in [0.2, 0.25) is 0 Å². The summed E-state index contributed by atoms with van der Waals surface area (Å²) >= 11 is 0. The summed E-state index contributed by atoms with van der Waals surface area (Å²) in [6.07, 6.45) is 1.50. The first kappa shape index (κ1) is 18.5. The van der Waals surface area contributed by atoms with E-state index in [9.17, 15) is 4.39 Å². The van der Waals surface area contributed by atoms with E-state index in [1.54, 1.807) is 6.07 Å². The summed E-state index contributed by atoms with van der Waals surface area (Å²) in [6, 6.07) is 14.6. The molecule has 0 aliphatic carbocycles. The van der Waals surface area contributed by atoms with Gasteiger partial charge in [0.15, 0.2) is 5.96 Å². The van der Waals surface area contributed by atoms with Crippen LogP contribution >= 0.6 is 24.0 Å². The molecule has 0 spiro atoms. The van der Waals surface area contributed by atoms with Gasteiger partial charge in [0.2, 0.25) is 0 Å². The molecule has 0 aromatic heterocycles. The molecule has 6 heteroatoms. The number of para-hydroxylation sites is 1. The SMILES string of the molecule is I.NC(=NCCc1cccc(F)c1)NC1CCOc2ccccc21. The summed E-state index contributed by atoms with van der Waals surface area (Å²) in [5.41, 5.74) is 7.99. The van der Waals surface area contributed by atoms with Gasteiger partial charge < -0.3 is 15.8 Å². The number of halogens is 2. The second kappa shape index (κ2) is 8.86. The first-order valence-electron chi connectivity index (χ1n) is 7.75. The van der Waals surface area contributed by atoms with Crippen molar-refractivity contribution >= 4 is 29.9 Å². The van der Waals surface area contributed by atoms with Gasteiger partial charge in [0.1, 0.15) is 11.6 Å². The van der Waals surface area contributed by atoms with Crippen molar-refractivity contribution in [3.8, 4) is 5.75 Å². The van der Waals surface area contributed by atoms with Crippen molar-refractivity contribution < 1.29 is 9.13 Å². The van der Waals surface area contributed by atoms with Crippen LogP contribution in [-0.2, 0) is 6.42 Å². The Hall–Kier alpha value is -1.83. The highest BCUT2D eigenvalue weighted by Gasteiger charge is 2.21. The molecule has 3 N–H and O–H groups in total. The molecular formula is C18H21FIN3O. The van der Waals surface area contributed by atoms with Crippen molar-refractivity contribution in [1.82, 2.24) is 5.32 Å². The van der Waals surface area contributed by atoms with Crippen LogP contribution in [0.5, 0.6) is 5.75 Å². The zero-order valence-electron chi connectivity index (χ0n) is 13.2. The highest BCUT2D eigenvalue weighted by atomic mass is 127. The van der Waals surface area contributed by atoms with E-state index in [0.717, 1.165) is 23.3 Å². The van der Waals surface area contributed by atoms with Gasteiger partial charge in [0.25, 0.3) is 0 Å². The molecule has 0 amide bonds. The van der Waals surface area contributed by atoms with Crippen molar-refractivity contribution in [2.75, 3.05) is 13.2 Å². The quantitative estimate of drug-likeness (QED) is 0.435. The van der Waals surface area contributed by atoms with E-state index in [2.05, 4.69) is 10.3 Å². The topological polar surface area (TPSA) is 59.6 Å². The van der Waals surface area contributed by atoms with E-state index in [4.69, 9.17) is 10.5 Å². The number of aliphatic imine (C=N–C) groups is 1. The summed E-state index contributed by atoms with van der Waals surface area (Å²) < 4.78 is 18.7. The highest BCUT2D eigenvalue weighted by Crippen LogP contribution is 2.31. The molecule has 0 saturated heterocycles. The third kappa shape index (κ3) is 4.83. The molecule has 24 heavy (non-hydrogen) atoms. The van der Waals surface area contributed by atoms with Gasteiger partial charge in [-0.1, -0.05) is 30.3 Å². The number of nitrogens with two attached hydrogens (primary N) is 1. The molecule has 1 unspecified atom stereocenters. The standard InChI is InChI=1S/C18H20FN3O.HI/c19-14-5-3-4-13(12-14)8-10-21-18(20)22-16-9-11-23-17-7-2-1-6-15(16)17;/h1-7,12,16H,8-11H2,(H3,20,21,22);1H. The number of rotatable bonds is 4. The Labute approximate surface area is 158 Å². The molecule has 2 aromatic carbocycles. The van der Waals surface area contributed by atoms with Crippen LogP contribution in [0.25, 0.3) is 0 Å². The van der Waals surface area contributed by atoms with Gasteiger partial charge in [-0.2, -0.15) is 0 Å². The number of ether oxygens (including phenoxy) is 1. The average Bonchev–Trinajstić information content (AvgIpc) is 2.55. The summed E-state index contributed by atoms with van der Waals surface area (Å²) in [4.78, 5) is 4.34. The highest BCUT2D eigenvalue weighted by molar-refractivity contribution is 14.0. The smallest absolute Gasteiger partial charge is 0.189 e. The first-order valence-corrected chi connectivity index (χ1v) is 7.75. The molecule has 3 rings (SSSR count). The van der Waals surface area contributed by atoms with E-state index in [1.807, 2.05) is 30.3 Å². The lowest BCUT2D eigenvalue weighted by atomic mass is 10.0. The van der Waals surface area contributed by atoms with Crippen molar-refractivity contribution in [2.24, 2.45) is 10.7 Å². The van der Waals surface area contributed by atoms with Crippen LogP contribution in [0.15, 0.2) is 53.5 Å². The van der Waals surface area contributed by atoms with E-state index >= 15 is 0 Å². The summed E-state index contributed by atoms with van der Waals surface area (Å²) in [5, 5.41) is 3.25. The third-order valence-electron chi connectivity index (χ3n) is 3.85. The van der Waals surface area contributed by atoms with Crippen molar-refractivity contribution in [1.29, 1.82) is 0 Å². The van der Waals surface area contributed by atoms with E-state index < -0.39 is 0 Å². The summed E-state index contributed by atoms with van der Waals surface area (Å²) in [7, 11) is 0. The maximum Gasteiger partial charge on any atom is 0.189 e. The molecule has 0 radical (unpaired) electrons. The largest absolute Gasteiger partial charge is 0.493 e. The zero-order valence-corrected chi connectivity index (χ0v) is 15.6. The number of nitrogens with one attached hydrogen (secondary N) is 1. The van der Waals surface area contributed by atoms with Crippen LogP contribution < -0.4 is 15.8 Å². The lowest BCUT2D eigenvalue weighted by Gasteiger charge is -2.26. The number of fused-ring (bicyclic) bond motifs is 1. The van der Waals surface area contributed by atoms with Gasteiger partial charge in [-0.05, 0) is 30.2 Å². The van der Waals surface area contributed by atoms with Gasteiger partial charge in [0, 0.05) is 18.5 Å². The monoisotopic (exact) mass is 441 g/mol. The van der Waals surface area contributed by atoms with E-state index in [1.165, 1.54) is 12.1 Å². The number of hydrogen-bond donors (Lipinski definition) is 2. The minimum absolute atomic E-state index is 0.